The molecule has 0 saturated heterocycles. The summed E-state index contributed by atoms with van der Waals surface area (Å²) in [7, 11) is 0. The molecule has 0 saturated carbocycles. The zero-order valence-corrected chi connectivity index (χ0v) is 14.0. The van der Waals surface area contributed by atoms with E-state index in [0.717, 1.165) is 32.9 Å². The number of fused-ring (bicyclic) bond motifs is 5. The Kier molecular flexibility index (Phi) is 3.26. The first-order valence-corrected chi connectivity index (χ1v) is 8.37. The summed E-state index contributed by atoms with van der Waals surface area (Å²) >= 11 is 0. The predicted molar refractivity (Wildman–Crippen MR) is 105 cm³/mol. The molecule has 2 heterocycles. The van der Waals surface area contributed by atoms with E-state index >= 15 is 0 Å². The molecule has 0 radical (unpaired) electrons. The highest BCUT2D eigenvalue weighted by atomic mass is 16.6. The highest BCUT2D eigenvalue weighted by Crippen LogP contribution is 2.35. The molecular weight excluding hydrogens is 342 g/mol. The summed E-state index contributed by atoms with van der Waals surface area (Å²) in [6, 6.07) is 16.3. The summed E-state index contributed by atoms with van der Waals surface area (Å²) in [5.74, 6) is 0. The van der Waals surface area contributed by atoms with Crippen LogP contribution in [0.15, 0.2) is 77.2 Å². The molecule has 0 bridgehead atoms. The Morgan fingerprint density at radius 1 is 0.778 bits per heavy atom. The minimum Gasteiger partial charge on any atom is -0.361 e. The molecule has 0 aliphatic rings. The number of nitrogens with one attached hydrogen (secondary N) is 2. The second-order valence-corrected chi connectivity index (χ2v) is 6.24. The normalized spacial score (nSPS) is 11.9. The van der Waals surface area contributed by atoms with E-state index in [-0.39, 0.29) is 5.69 Å². The smallest absolute Gasteiger partial charge is 0.269 e. The van der Waals surface area contributed by atoms with Gasteiger partial charge in [-0.15, -0.1) is 5.11 Å². The second kappa shape index (κ2) is 5.77. The van der Waals surface area contributed by atoms with Crippen LogP contribution in [0.2, 0.25) is 0 Å². The van der Waals surface area contributed by atoms with Crippen molar-refractivity contribution in [2.45, 2.75) is 0 Å². The number of aromatic amines is 2. The van der Waals surface area contributed by atoms with Crippen molar-refractivity contribution in [1.29, 1.82) is 0 Å². The molecule has 0 amide bonds. The van der Waals surface area contributed by atoms with Crippen LogP contribution in [0.1, 0.15) is 0 Å². The number of benzene rings is 3. The molecule has 7 nitrogen and oxygen atoms in total. The molecule has 0 aliphatic carbocycles. The summed E-state index contributed by atoms with van der Waals surface area (Å²) in [5, 5.41) is 23.6. The topological polar surface area (TPSA) is 99.4 Å². The first kappa shape index (κ1) is 15.3. The van der Waals surface area contributed by atoms with Crippen molar-refractivity contribution in [2.75, 3.05) is 0 Å². The largest absolute Gasteiger partial charge is 0.361 e. The van der Waals surface area contributed by atoms with Gasteiger partial charge in [0.05, 0.1) is 21.6 Å². The number of nitro benzene ring substituents is 1. The van der Waals surface area contributed by atoms with Crippen LogP contribution in [0.5, 0.6) is 0 Å². The fourth-order valence-electron chi connectivity index (χ4n) is 3.36. The maximum atomic E-state index is 10.7. The quantitative estimate of drug-likeness (QED) is 0.231. The summed E-state index contributed by atoms with van der Waals surface area (Å²) < 4.78 is 0. The van der Waals surface area contributed by atoms with Crippen molar-refractivity contribution in [3.8, 4) is 0 Å². The molecule has 130 valence electrons. The first-order valence-electron chi connectivity index (χ1n) is 8.37. The summed E-state index contributed by atoms with van der Waals surface area (Å²) in [6.07, 6.45) is 3.75. The molecule has 0 fully saturated rings. The minimum absolute atomic E-state index is 0.0307. The minimum atomic E-state index is -0.438. The highest BCUT2D eigenvalue weighted by Gasteiger charge is 2.10. The lowest BCUT2D eigenvalue weighted by molar-refractivity contribution is -0.384. The lowest BCUT2D eigenvalue weighted by atomic mass is 10.0. The molecule has 3 aromatic carbocycles. The molecule has 7 heteroatoms. The van der Waals surface area contributed by atoms with Gasteiger partial charge in [0, 0.05) is 46.1 Å². The van der Waals surface area contributed by atoms with Crippen LogP contribution in [0, 0.1) is 10.1 Å². The standard InChI is InChI=1S/C20H13N5O2/c26-25(27)14-4-2-13(3-5-14)23-24-18-11-22-20-16-6-1-12-9-10-21-19(12)15(16)7-8-17(18)20/h1-11,21-22H. The Morgan fingerprint density at radius 3 is 2.33 bits per heavy atom. The first-order chi connectivity index (χ1) is 13.2. The van der Waals surface area contributed by atoms with Crippen LogP contribution in [0.4, 0.5) is 17.1 Å². The van der Waals surface area contributed by atoms with Crippen LogP contribution < -0.4 is 0 Å². The van der Waals surface area contributed by atoms with E-state index in [2.05, 4.69) is 44.5 Å². The second-order valence-electron chi connectivity index (χ2n) is 6.24. The molecule has 5 aromatic rings. The van der Waals surface area contributed by atoms with Gasteiger partial charge in [0.15, 0.2) is 0 Å². The van der Waals surface area contributed by atoms with Crippen LogP contribution in [0.25, 0.3) is 32.6 Å². The van der Waals surface area contributed by atoms with E-state index in [1.54, 1.807) is 12.1 Å². The molecule has 2 aromatic heterocycles. The van der Waals surface area contributed by atoms with E-state index in [9.17, 15) is 10.1 Å². The fourth-order valence-corrected chi connectivity index (χ4v) is 3.36. The molecule has 0 aliphatic heterocycles. The Balaban J connectivity index is 1.57. The van der Waals surface area contributed by atoms with Gasteiger partial charge >= 0.3 is 0 Å². The lowest BCUT2D eigenvalue weighted by Gasteiger charge is -2.02. The maximum absolute atomic E-state index is 10.7. The van der Waals surface area contributed by atoms with Gasteiger partial charge in [-0.1, -0.05) is 18.2 Å². The summed E-state index contributed by atoms with van der Waals surface area (Å²) in [5.41, 5.74) is 3.42. The van der Waals surface area contributed by atoms with Gasteiger partial charge in [-0.25, -0.2) is 0 Å². The molecule has 0 atom stereocenters. The molecule has 0 unspecified atom stereocenters. The van der Waals surface area contributed by atoms with Crippen LogP contribution in [0.3, 0.4) is 0 Å². The van der Waals surface area contributed by atoms with Crippen molar-refractivity contribution in [1.82, 2.24) is 9.97 Å². The van der Waals surface area contributed by atoms with E-state index in [1.165, 1.54) is 17.5 Å². The van der Waals surface area contributed by atoms with E-state index in [4.69, 9.17) is 0 Å². The number of nitro groups is 1. The molecule has 2 N–H and O–H groups in total. The fraction of sp³-hybridized carbons (Fsp3) is 0. The zero-order valence-electron chi connectivity index (χ0n) is 14.0. The van der Waals surface area contributed by atoms with Crippen molar-refractivity contribution < 1.29 is 4.92 Å². The SMILES string of the molecule is O=[N+]([O-])c1ccc(N=Nc2c[nH]c3c2ccc2c3ccc3cc[nH]c32)cc1. The number of H-pyrrole nitrogens is 2. The predicted octanol–water partition coefficient (Wildman–Crippen LogP) is 6.13. The molecular formula is C20H13N5O2. The van der Waals surface area contributed by atoms with Gasteiger partial charge in [-0.2, -0.15) is 5.11 Å². The molecule has 27 heavy (non-hydrogen) atoms. The van der Waals surface area contributed by atoms with Gasteiger partial charge in [0.2, 0.25) is 0 Å². The number of hydrogen-bond acceptors (Lipinski definition) is 4. The van der Waals surface area contributed by atoms with Crippen molar-refractivity contribution in [3.63, 3.8) is 0 Å². The number of azo groups is 1. The highest BCUT2D eigenvalue weighted by molar-refractivity contribution is 6.16. The van der Waals surface area contributed by atoms with Gasteiger partial charge in [0.1, 0.15) is 5.69 Å². The van der Waals surface area contributed by atoms with Crippen molar-refractivity contribution >= 4 is 49.6 Å². The average molecular weight is 355 g/mol. The number of aromatic nitrogens is 2. The zero-order chi connectivity index (χ0) is 18.4. The third-order valence-corrected chi connectivity index (χ3v) is 4.69. The molecule has 5 rings (SSSR count). The average Bonchev–Trinajstić information content (AvgIpc) is 3.33. The van der Waals surface area contributed by atoms with Gasteiger partial charge in [-0.05, 0) is 24.3 Å². The van der Waals surface area contributed by atoms with Crippen LogP contribution in [-0.2, 0) is 0 Å². The van der Waals surface area contributed by atoms with E-state index < -0.39 is 4.92 Å². The Morgan fingerprint density at radius 2 is 1.52 bits per heavy atom. The Bertz CT molecular complexity index is 1350. The van der Waals surface area contributed by atoms with Crippen molar-refractivity contribution in [3.05, 3.63) is 77.1 Å². The van der Waals surface area contributed by atoms with Crippen LogP contribution >= 0.6 is 0 Å². The third kappa shape index (κ3) is 2.44. The van der Waals surface area contributed by atoms with E-state index in [0.29, 0.717) is 5.69 Å². The monoisotopic (exact) mass is 355 g/mol. The van der Waals surface area contributed by atoms with Crippen LogP contribution in [-0.4, -0.2) is 14.9 Å². The van der Waals surface area contributed by atoms with Gasteiger partial charge in [-0.3, -0.25) is 10.1 Å². The third-order valence-electron chi connectivity index (χ3n) is 4.69. The number of nitrogens with zero attached hydrogens (tertiary/aromatic N) is 3. The van der Waals surface area contributed by atoms with Gasteiger partial charge < -0.3 is 9.97 Å². The Labute approximate surface area is 152 Å². The lowest BCUT2D eigenvalue weighted by Crippen LogP contribution is -1.85. The summed E-state index contributed by atoms with van der Waals surface area (Å²) in [6.45, 7) is 0. The molecule has 0 spiro atoms. The van der Waals surface area contributed by atoms with Crippen molar-refractivity contribution in [2.24, 2.45) is 10.2 Å². The van der Waals surface area contributed by atoms with Gasteiger partial charge in [0.25, 0.3) is 5.69 Å². The Hall–Kier alpha value is -4.00. The maximum Gasteiger partial charge on any atom is 0.269 e. The number of hydrogen-bond donors (Lipinski definition) is 2. The van der Waals surface area contributed by atoms with E-state index in [1.807, 2.05) is 18.5 Å². The number of non-ortho nitro benzene ring substituents is 1. The number of rotatable bonds is 3. The summed E-state index contributed by atoms with van der Waals surface area (Å²) in [4.78, 5) is 16.9.